The highest BCUT2D eigenvalue weighted by Crippen LogP contribution is 2.26. The fraction of sp³-hybridized carbons (Fsp3) is 0.222. The molecule has 0 saturated carbocycles. The van der Waals surface area contributed by atoms with E-state index in [9.17, 15) is 4.79 Å². The van der Waals surface area contributed by atoms with Crippen molar-refractivity contribution in [2.24, 2.45) is 5.73 Å². The quantitative estimate of drug-likeness (QED) is 0.775. The van der Waals surface area contributed by atoms with Crippen molar-refractivity contribution in [2.45, 2.75) is 13.0 Å². The van der Waals surface area contributed by atoms with Crippen LogP contribution < -0.4 is 5.73 Å². The molecule has 1 atom stereocenters. The summed E-state index contributed by atoms with van der Waals surface area (Å²) in [6.45, 7) is 1.61. The van der Waals surface area contributed by atoms with Crippen molar-refractivity contribution in [3.05, 3.63) is 33.8 Å². The summed E-state index contributed by atoms with van der Waals surface area (Å²) in [6, 6.07) is 4.35. The van der Waals surface area contributed by atoms with Crippen LogP contribution in [0.5, 0.6) is 0 Å². The summed E-state index contributed by atoms with van der Waals surface area (Å²) in [5, 5.41) is 0.639. The van der Waals surface area contributed by atoms with E-state index in [1.807, 2.05) is 0 Å². The van der Waals surface area contributed by atoms with Crippen molar-refractivity contribution >= 4 is 29.0 Å². The number of carbonyl (C=O) groups excluding carboxylic acids is 1. The lowest BCUT2D eigenvalue weighted by Gasteiger charge is -2.06. The van der Waals surface area contributed by atoms with Crippen molar-refractivity contribution in [1.29, 1.82) is 0 Å². The molecule has 1 unspecified atom stereocenters. The normalized spacial score (nSPS) is 12.6. The van der Waals surface area contributed by atoms with Crippen LogP contribution in [0.4, 0.5) is 0 Å². The summed E-state index contributed by atoms with van der Waals surface area (Å²) in [7, 11) is 0. The lowest BCUT2D eigenvalue weighted by molar-refractivity contribution is 0.0968. The van der Waals surface area contributed by atoms with Crippen LogP contribution in [0, 0.1) is 0 Å². The third kappa shape index (κ3) is 2.21. The molecule has 0 amide bonds. The SMILES string of the molecule is CC(N)C(=O)c1cccc(Cl)c1Cl. The molecule has 4 heteroatoms. The van der Waals surface area contributed by atoms with Gasteiger partial charge in [-0.3, -0.25) is 4.79 Å². The Morgan fingerprint density at radius 1 is 1.46 bits per heavy atom. The Hall–Kier alpha value is -0.570. The summed E-state index contributed by atoms with van der Waals surface area (Å²) in [6.07, 6.45) is 0. The number of ketones is 1. The molecule has 0 spiro atoms. The first-order valence-corrected chi connectivity index (χ1v) is 4.53. The Morgan fingerprint density at radius 3 is 2.62 bits per heavy atom. The first kappa shape index (κ1) is 10.5. The minimum Gasteiger partial charge on any atom is -0.321 e. The smallest absolute Gasteiger partial charge is 0.180 e. The number of Topliss-reactive ketones (excluding diaryl/α,β-unsaturated/α-hetero) is 1. The highest BCUT2D eigenvalue weighted by Gasteiger charge is 2.15. The molecular weight excluding hydrogens is 209 g/mol. The van der Waals surface area contributed by atoms with Gasteiger partial charge < -0.3 is 5.73 Å². The van der Waals surface area contributed by atoms with Gasteiger partial charge in [0, 0.05) is 5.56 Å². The summed E-state index contributed by atoms with van der Waals surface area (Å²) < 4.78 is 0. The molecule has 0 aliphatic carbocycles. The number of benzene rings is 1. The second kappa shape index (κ2) is 4.09. The van der Waals surface area contributed by atoms with Crippen LogP contribution in [-0.2, 0) is 0 Å². The maximum absolute atomic E-state index is 11.4. The van der Waals surface area contributed by atoms with Gasteiger partial charge in [-0.25, -0.2) is 0 Å². The Morgan fingerprint density at radius 2 is 2.08 bits per heavy atom. The first-order valence-electron chi connectivity index (χ1n) is 3.78. The molecule has 2 N–H and O–H groups in total. The average molecular weight is 218 g/mol. The standard InChI is InChI=1S/C9H9Cl2NO/c1-5(12)9(13)6-3-2-4-7(10)8(6)11/h2-5H,12H2,1H3. The van der Waals surface area contributed by atoms with Gasteiger partial charge in [0.25, 0.3) is 0 Å². The molecule has 13 heavy (non-hydrogen) atoms. The molecule has 0 saturated heterocycles. The van der Waals surface area contributed by atoms with Gasteiger partial charge in [-0.2, -0.15) is 0 Å². The Balaban J connectivity index is 3.15. The zero-order valence-corrected chi connectivity index (χ0v) is 8.56. The molecule has 1 aromatic rings. The largest absolute Gasteiger partial charge is 0.321 e. The Labute approximate surface area is 86.6 Å². The second-order valence-electron chi connectivity index (χ2n) is 2.75. The highest BCUT2D eigenvalue weighted by molar-refractivity contribution is 6.44. The molecule has 70 valence electrons. The average Bonchev–Trinajstić information content (AvgIpc) is 2.08. The maximum atomic E-state index is 11.4. The maximum Gasteiger partial charge on any atom is 0.180 e. The van der Waals surface area contributed by atoms with Crippen LogP contribution in [0.3, 0.4) is 0 Å². The van der Waals surface area contributed by atoms with E-state index in [1.165, 1.54) is 0 Å². The summed E-state index contributed by atoms with van der Waals surface area (Å²) >= 11 is 11.6. The Kier molecular flexibility index (Phi) is 3.31. The van der Waals surface area contributed by atoms with E-state index >= 15 is 0 Å². The number of hydrogen-bond donors (Lipinski definition) is 1. The van der Waals surface area contributed by atoms with E-state index in [1.54, 1.807) is 25.1 Å². The third-order valence-corrected chi connectivity index (χ3v) is 2.45. The van der Waals surface area contributed by atoms with Gasteiger partial charge in [-0.05, 0) is 19.1 Å². The monoisotopic (exact) mass is 217 g/mol. The molecule has 1 rings (SSSR count). The highest BCUT2D eigenvalue weighted by atomic mass is 35.5. The molecule has 0 fully saturated rings. The predicted octanol–water partition coefficient (Wildman–Crippen LogP) is 2.52. The summed E-state index contributed by atoms with van der Waals surface area (Å²) in [4.78, 5) is 11.4. The minimum absolute atomic E-state index is 0.201. The lowest BCUT2D eigenvalue weighted by atomic mass is 10.1. The number of halogens is 2. The molecule has 0 aliphatic heterocycles. The fourth-order valence-corrected chi connectivity index (χ4v) is 1.33. The van der Waals surface area contributed by atoms with E-state index in [0.29, 0.717) is 10.6 Å². The molecule has 0 radical (unpaired) electrons. The van der Waals surface area contributed by atoms with Crippen LogP contribution in [-0.4, -0.2) is 11.8 Å². The molecule has 0 heterocycles. The van der Waals surface area contributed by atoms with Crippen molar-refractivity contribution < 1.29 is 4.79 Å². The molecule has 0 aliphatic rings. The number of carbonyl (C=O) groups is 1. The topological polar surface area (TPSA) is 43.1 Å². The lowest BCUT2D eigenvalue weighted by Crippen LogP contribution is -2.26. The molecular formula is C9H9Cl2NO. The van der Waals surface area contributed by atoms with Gasteiger partial charge in [0.15, 0.2) is 5.78 Å². The molecule has 1 aromatic carbocycles. The Bertz CT molecular complexity index is 336. The first-order chi connectivity index (χ1) is 6.04. The molecule has 2 nitrogen and oxygen atoms in total. The summed E-state index contributed by atoms with van der Waals surface area (Å²) in [5.74, 6) is -0.201. The van der Waals surface area contributed by atoms with E-state index in [0.717, 1.165) is 0 Å². The van der Waals surface area contributed by atoms with Crippen molar-refractivity contribution in [3.8, 4) is 0 Å². The number of nitrogens with two attached hydrogens (primary N) is 1. The van der Waals surface area contributed by atoms with Crippen LogP contribution >= 0.6 is 23.2 Å². The zero-order valence-electron chi connectivity index (χ0n) is 7.05. The summed E-state index contributed by atoms with van der Waals surface area (Å²) in [5.41, 5.74) is 5.81. The van der Waals surface area contributed by atoms with E-state index in [4.69, 9.17) is 28.9 Å². The number of rotatable bonds is 2. The van der Waals surface area contributed by atoms with E-state index in [2.05, 4.69) is 0 Å². The van der Waals surface area contributed by atoms with Crippen LogP contribution in [0.1, 0.15) is 17.3 Å². The zero-order chi connectivity index (χ0) is 10.0. The van der Waals surface area contributed by atoms with E-state index in [-0.39, 0.29) is 10.8 Å². The van der Waals surface area contributed by atoms with Gasteiger partial charge in [0.2, 0.25) is 0 Å². The van der Waals surface area contributed by atoms with Gasteiger partial charge in [-0.15, -0.1) is 0 Å². The fourth-order valence-electron chi connectivity index (χ4n) is 0.939. The van der Waals surface area contributed by atoms with Gasteiger partial charge >= 0.3 is 0 Å². The van der Waals surface area contributed by atoms with Crippen molar-refractivity contribution in [2.75, 3.05) is 0 Å². The van der Waals surface area contributed by atoms with Crippen LogP contribution in [0.15, 0.2) is 18.2 Å². The van der Waals surface area contributed by atoms with Gasteiger partial charge in [0.05, 0.1) is 16.1 Å². The third-order valence-electron chi connectivity index (χ3n) is 1.63. The predicted molar refractivity (Wildman–Crippen MR) is 54.4 cm³/mol. The minimum atomic E-state index is -0.559. The van der Waals surface area contributed by atoms with E-state index < -0.39 is 6.04 Å². The van der Waals surface area contributed by atoms with Crippen LogP contribution in [0.2, 0.25) is 10.0 Å². The van der Waals surface area contributed by atoms with Crippen molar-refractivity contribution in [3.63, 3.8) is 0 Å². The number of hydrogen-bond acceptors (Lipinski definition) is 2. The van der Waals surface area contributed by atoms with Crippen LogP contribution in [0.25, 0.3) is 0 Å². The van der Waals surface area contributed by atoms with Crippen molar-refractivity contribution in [1.82, 2.24) is 0 Å². The second-order valence-corrected chi connectivity index (χ2v) is 3.54. The molecule has 0 bridgehead atoms. The van der Waals surface area contributed by atoms with Gasteiger partial charge in [0.1, 0.15) is 0 Å². The molecule has 0 aromatic heterocycles. The van der Waals surface area contributed by atoms with Gasteiger partial charge in [-0.1, -0.05) is 29.3 Å².